The van der Waals surface area contributed by atoms with Crippen LogP contribution >= 0.6 is 11.8 Å². The number of ether oxygens (including phenoxy) is 1. The molecule has 1 atom stereocenters. The highest BCUT2D eigenvalue weighted by atomic mass is 32.2. The number of nitrogens with one attached hydrogen (secondary N) is 1. The molecule has 0 bridgehead atoms. The molecule has 23 heavy (non-hydrogen) atoms. The lowest BCUT2D eigenvalue weighted by molar-refractivity contribution is -0.120. The van der Waals surface area contributed by atoms with Crippen molar-refractivity contribution in [3.63, 3.8) is 0 Å². The van der Waals surface area contributed by atoms with Gasteiger partial charge in [0.2, 0.25) is 5.91 Å². The van der Waals surface area contributed by atoms with Crippen molar-refractivity contribution in [2.75, 3.05) is 13.2 Å². The molecule has 1 aromatic heterocycles. The summed E-state index contributed by atoms with van der Waals surface area (Å²) in [6.07, 6.45) is 1.59. The number of hydrogen-bond acceptors (Lipinski definition) is 6. The zero-order chi connectivity index (χ0) is 17.4. The van der Waals surface area contributed by atoms with E-state index < -0.39 is 11.2 Å². The number of amides is 1. The summed E-state index contributed by atoms with van der Waals surface area (Å²) < 4.78 is 4.94. The monoisotopic (exact) mass is 333 g/mol. The van der Waals surface area contributed by atoms with Crippen LogP contribution in [0.25, 0.3) is 0 Å². The number of rotatable bonds is 7. The van der Waals surface area contributed by atoms with E-state index >= 15 is 0 Å². The first kappa shape index (κ1) is 18.7. The van der Waals surface area contributed by atoms with Crippen molar-refractivity contribution in [1.29, 1.82) is 5.26 Å². The zero-order valence-corrected chi connectivity index (χ0v) is 14.2. The minimum absolute atomic E-state index is 0.173. The Hall–Kier alpha value is -2.33. The third-order valence-corrected chi connectivity index (χ3v) is 3.97. The minimum atomic E-state index is -0.512. The zero-order valence-electron chi connectivity index (χ0n) is 13.4. The van der Waals surface area contributed by atoms with Gasteiger partial charge in [-0.1, -0.05) is 17.8 Å². The van der Waals surface area contributed by atoms with E-state index in [-0.39, 0.29) is 23.6 Å². The van der Waals surface area contributed by atoms with E-state index in [0.717, 1.165) is 0 Å². The maximum Gasteiger partial charge on any atom is 0.340 e. The van der Waals surface area contributed by atoms with Gasteiger partial charge in [0.05, 0.1) is 28.7 Å². The lowest BCUT2D eigenvalue weighted by Gasteiger charge is -2.13. The molecule has 0 fully saturated rings. The van der Waals surface area contributed by atoms with E-state index in [9.17, 15) is 14.9 Å². The van der Waals surface area contributed by atoms with Crippen LogP contribution in [0.2, 0.25) is 0 Å². The summed E-state index contributed by atoms with van der Waals surface area (Å²) in [7, 11) is 0. The van der Waals surface area contributed by atoms with Crippen molar-refractivity contribution in [2.24, 2.45) is 0 Å². The van der Waals surface area contributed by atoms with Crippen LogP contribution in [0.4, 0.5) is 0 Å². The second kappa shape index (κ2) is 8.96. The van der Waals surface area contributed by atoms with E-state index in [0.29, 0.717) is 17.3 Å². The second-order valence-electron chi connectivity index (χ2n) is 4.60. The minimum Gasteiger partial charge on any atom is -0.462 e. The molecule has 0 aliphatic carbocycles. The fourth-order valence-corrected chi connectivity index (χ4v) is 2.65. The fraction of sp³-hybridized carbons (Fsp3) is 0.375. The average molecular weight is 333 g/mol. The number of aromatic nitrogens is 1. The number of hydrogen-bond donors (Lipinski definition) is 1. The molecule has 0 unspecified atom stereocenters. The third-order valence-electron chi connectivity index (χ3n) is 2.87. The number of pyridine rings is 1. The molecule has 0 radical (unpaired) electrons. The van der Waals surface area contributed by atoms with Gasteiger partial charge in [-0.15, -0.1) is 6.58 Å². The Bertz CT molecular complexity index is 653. The number of thioether (sulfide) groups is 1. The molecule has 6 nitrogen and oxygen atoms in total. The molecule has 1 aromatic rings. The Morgan fingerprint density at radius 2 is 2.30 bits per heavy atom. The van der Waals surface area contributed by atoms with Crippen LogP contribution in [-0.4, -0.2) is 35.3 Å². The molecule has 1 rings (SSSR count). The van der Waals surface area contributed by atoms with Crippen LogP contribution in [0.3, 0.4) is 0 Å². The highest BCUT2D eigenvalue weighted by Crippen LogP contribution is 2.27. The molecular formula is C16H19N3O3S. The normalized spacial score (nSPS) is 11.2. The Balaban J connectivity index is 3.02. The van der Waals surface area contributed by atoms with Gasteiger partial charge in [-0.05, 0) is 26.8 Å². The largest absolute Gasteiger partial charge is 0.462 e. The van der Waals surface area contributed by atoms with Gasteiger partial charge >= 0.3 is 5.97 Å². The summed E-state index contributed by atoms with van der Waals surface area (Å²) in [5.41, 5.74) is 0.965. The van der Waals surface area contributed by atoms with Gasteiger partial charge in [0.15, 0.2) is 0 Å². The maximum absolute atomic E-state index is 11.9. The predicted octanol–water partition coefficient (Wildman–Crippen LogP) is 2.22. The van der Waals surface area contributed by atoms with Gasteiger partial charge in [-0.2, -0.15) is 5.26 Å². The predicted molar refractivity (Wildman–Crippen MR) is 88.2 cm³/mol. The lowest BCUT2D eigenvalue weighted by Crippen LogP contribution is -2.31. The standard InChI is InChI=1S/C16H19N3O3S/c1-5-7-18-14(20)11(4)23-15-12(9-17)8-13(10(3)19-15)16(21)22-6-2/h5,8,11H,1,6-7H2,2-4H3,(H,18,20)/t11-/m0/s1. The van der Waals surface area contributed by atoms with Crippen LogP contribution in [0.1, 0.15) is 35.5 Å². The number of nitriles is 1. The number of aryl methyl sites for hydroxylation is 1. The maximum atomic E-state index is 11.9. The molecule has 0 saturated carbocycles. The highest BCUT2D eigenvalue weighted by Gasteiger charge is 2.20. The Morgan fingerprint density at radius 3 is 2.87 bits per heavy atom. The molecule has 0 spiro atoms. The quantitative estimate of drug-likeness (QED) is 0.467. The first-order chi connectivity index (χ1) is 10.9. The van der Waals surface area contributed by atoms with Crippen LogP contribution in [-0.2, 0) is 9.53 Å². The van der Waals surface area contributed by atoms with Crippen LogP contribution < -0.4 is 5.32 Å². The van der Waals surface area contributed by atoms with Crippen molar-refractivity contribution in [3.8, 4) is 6.07 Å². The Morgan fingerprint density at radius 1 is 1.61 bits per heavy atom. The van der Waals surface area contributed by atoms with E-state index in [2.05, 4.69) is 16.9 Å². The summed E-state index contributed by atoms with van der Waals surface area (Å²) in [5.74, 6) is -0.685. The lowest BCUT2D eigenvalue weighted by atomic mass is 10.1. The van der Waals surface area contributed by atoms with Gasteiger partial charge in [-0.3, -0.25) is 4.79 Å². The van der Waals surface area contributed by atoms with E-state index in [4.69, 9.17) is 4.74 Å². The topological polar surface area (TPSA) is 92.1 Å². The van der Waals surface area contributed by atoms with Crippen LogP contribution in [0.15, 0.2) is 23.7 Å². The van der Waals surface area contributed by atoms with Crippen LogP contribution in [0.5, 0.6) is 0 Å². The van der Waals surface area contributed by atoms with Gasteiger partial charge in [0, 0.05) is 6.54 Å². The summed E-state index contributed by atoms with van der Waals surface area (Å²) in [4.78, 5) is 28.0. The first-order valence-electron chi connectivity index (χ1n) is 7.08. The van der Waals surface area contributed by atoms with Gasteiger partial charge in [-0.25, -0.2) is 9.78 Å². The van der Waals surface area contributed by atoms with E-state index in [1.54, 1.807) is 26.8 Å². The first-order valence-corrected chi connectivity index (χ1v) is 7.96. The summed E-state index contributed by atoms with van der Waals surface area (Å²) in [5, 5.41) is 11.9. The number of nitrogens with zero attached hydrogens (tertiary/aromatic N) is 2. The Kier molecular flexibility index (Phi) is 7.29. The number of carbonyl (C=O) groups is 2. The van der Waals surface area contributed by atoms with Crippen molar-refractivity contribution >= 4 is 23.6 Å². The van der Waals surface area contributed by atoms with Crippen molar-refractivity contribution < 1.29 is 14.3 Å². The van der Waals surface area contributed by atoms with Gasteiger partial charge in [0.1, 0.15) is 11.1 Å². The molecule has 0 aliphatic heterocycles. The second-order valence-corrected chi connectivity index (χ2v) is 5.93. The molecule has 0 saturated heterocycles. The van der Waals surface area contributed by atoms with Gasteiger partial charge in [0.25, 0.3) is 0 Å². The third kappa shape index (κ3) is 5.11. The Labute approximate surface area is 139 Å². The fourth-order valence-electron chi connectivity index (χ4n) is 1.71. The van der Waals surface area contributed by atoms with Crippen molar-refractivity contribution in [1.82, 2.24) is 10.3 Å². The van der Waals surface area contributed by atoms with Crippen molar-refractivity contribution in [2.45, 2.75) is 31.0 Å². The molecular weight excluding hydrogens is 314 g/mol. The van der Waals surface area contributed by atoms with Crippen molar-refractivity contribution in [3.05, 3.63) is 35.5 Å². The highest BCUT2D eigenvalue weighted by molar-refractivity contribution is 8.00. The molecule has 0 aromatic carbocycles. The van der Waals surface area contributed by atoms with Crippen LogP contribution in [0, 0.1) is 18.3 Å². The van der Waals surface area contributed by atoms with Gasteiger partial charge < -0.3 is 10.1 Å². The average Bonchev–Trinajstić information content (AvgIpc) is 2.52. The summed E-state index contributed by atoms with van der Waals surface area (Å²) in [6, 6.07) is 3.46. The van der Waals surface area contributed by atoms with E-state index in [1.165, 1.54) is 17.8 Å². The molecule has 122 valence electrons. The van der Waals surface area contributed by atoms with E-state index in [1.807, 2.05) is 6.07 Å². The molecule has 1 N–H and O–H groups in total. The molecule has 7 heteroatoms. The number of esters is 1. The molecule has 1 heterocycles. The SMILES string of the molecule is C=CCNC(=O)[C@H](C)Sc1nc(C)c(C(=O)OCC)cc1C#N. The summed E-state index contributed by atoms with van der Waals surface area (Å²) >= 11 is 1.17. The molecule has 1 amide bonds. The molecule has 0 aliphatic rings. The smallest absolute Gasteiger partial charge is 0.340 e. The summed E-state index contributed by atoms with van der Waals surface area (Å²) in [6.45, 7) is 9.26. The number of carbonyl (C=O) groups excluding carboxylic acids is 2.